The Morgan fingerprint density at radius 1 is 1.00 bits per heavy atom. The molecule has 0 saturated carbocycles. The Labute approximate surface area is 197 Å². The van der Waals surface area contributed by atoms with Gasteiger partial charge >= 0.3 is 11.9 Å². The highest BCUT2D eigenvalue weighted by Gasteiger charge is 2.48. The lowest BCUT2D eigenvalue weighted by Gasteiger charge is -2.43. The van der Waals surface area contributed by atoms with Gasteiger partial charge in [-0.25, -0.2) is 0 Å². The number of aliphatic hydroxyl groups is 1. The fourth-order valence-corrected chi connectivity index (χ4v) is 4.47. The van der Waals surface area contributed by atoms with Gasteiger partial charge in [0.05, 0.1) is 13.7 Å². The maximum atomic E-state index is 11.8. The van der Waals surface area contributed by atoms with E-state index in [1.54, 1.807) is 19.2 Å². The van der Waals surface area contributed by atoms with Gasteiger partial charge in [0, 0.05) is 18.7 Å². The van der Waals surface area contributed by atoms with Gasteiger partial charge < -0.3 is 28.8 Å². The van der Waals surface area contributed by atoms with E-state index in [1.807, 2.05) is 42.5 Å². The van der Waals surface area contributed by atoms with Crippen LogP contribution in [0.1, 0.15) is 19.4 Å². The normalized spacial score (nSPS) is 24.7. The lowest BCUT2D eigenvalue weighted by atomic mass is 9.99. The molecule has 5 atom stereocenters. The highest BCUT2D eigenvalue weighted by molar-refractivity contribution is 7.99. The quantitative estimate of drug-likeness (QED) is 0.548. The zero-order valence-corrected chi connectivity index (χ0v) is 19.5. The summed E-state index contributed by atoms with van der Waals surface area (Å²) in [5.74, 6) is -0.339. The average molecular weight is 477 g/mol. The molecule has 0 bridgehead atoms. The van der Waals surface area contributed by atoms with Crippen LogP contribution in [-0.4, -0.2) is 60.6 Å². The first-order chi connectivity index (χ1) is 15.9. The molecular weight excluding hydrogens is 448 g/mol. The fraction of sp³-hybridized carbons (Fsp3) is 0.417. The predicted molar refractivity (Wildman–Crippen MR) is 121 cm³/mol. The van der Waals surface area contributed by atoms with E-state index in [-0.39, 0.29) is 13.2 Å². The molecule has 0 radical (unpaired) electrons. The number of carbonyl (C=O) groups is 2. The fourth-order valence-electron chi connectivity index (χ4n) is 3.40. The molecule has 2 aromatic carbocycles. The van der Waals surface area contributed by atoms with E-state index in [4.69, 9.17) is 23.7 Å². The van der Waals surface area contributed by atoms with Gasteiger partial charge in [-0.1, -0.05) is 42.1 Å². The summed E-state index contributed by atoms with van der Waals surface area (Å²) in [6, 6.07) is 16.8. The summed E-state index contributed by atoms with van der Waals surface area (Å²) >= 11 is 1.31. The first-order valence-electron chi connectivity index (χ1n) is 10.5. The molecule has 0 aliphatic carbocycles. The lowest BCUT2D eigenvalue weighted by Crippen LogP contribution is -2.60. The molecule has 1 aliphatic heterocycles. The maximum Gasteiger partial charge on any atom is 0.303 e. The monoisotopic (exact) mass is 476 g/mol. The van der Waals surface area contributed by atoms with Crippen molar-refractivity contribution in [2.24, 2.45) is 0 Å². The molecule has 0 spiro atoms. The van der Waals surface area contributed by atoms with Crippen LogP contribution in [0.3, 0.4) is 0 Å². The second-order valence-corrected chi connectivity index (χ2v) is 8.64. The van der Waals surface area contributed by atoms with Crippen LogP contribution in [0.4, 0.5) is 0 Å². The van der Waals surface area contributed by atoms with Crippen molar-refractivity contribution in [3.05, 3.63) is 60.2 Å². The van der Waals surface area contributed by atoms with Crippen LogP contribution in [0.25, 0.3) is 0 Å². The van der Waals surface area contributed by atoms with Crippen LogP contribution in [0.15, 0.2) is 59.5 Å². The third-order valence-electron chi connectivity index (χ3n) is 4.96. The number of methoxy groups -OCH3 is 1. The number of thioether (sulfide) groups is 1. The molecule has 33 heavy (non-hydrogen) atoms. The number of benzene rings is 2. The third kappa shape index (κ3) is 7.20. The number of hydrogen-bond donors (Lipinski definition) is 1. The summed E-state index contributed by atoms with van der Waals surface area (Å²) in [5, 5.41) is 11.1. The van der Waals surface area contributed by atoms with E-state index < -0.39 is 41.8 Å². The van der Waals surface area contributed by atoms with Crippen molar-refractivity contribution in [3.8, 4) is 5.75 Å². The Bertz CT molecular complexity index is 904. The van der Waals surface area contributed by atoms with Crippen molar-refractivity contribution in [1.29, 1.82) is 0 Å². The molecule has 1 N–H and O–H groups in total. The van der Waals surface area contributed by atoms with Gasteiger partial charge in [0.1, 0.15) is 36.1 Å². The van der Waals surface area contributed by atoms with Gasteiger partial charge in [0.2, 0.25) is 0 Å². The van der Waals surface area contributed by atoms with Gasteiger partial charge in [-0.05, 0) is 29.8 Å². The van der Waals surface area contributed by atoms with Gasteiger partial charge in [-0.15, -0.1) is 0 Å². The molecular formula is C24H28O8S. The molecule has 3 rings (SSSR count). The number of hydrogen-bond acceptors (Lipinski definition) is 9. The molecule has 8 nitrogen and oxygen atoms in total. The van der Waals surface area contributed by atoms with E-state index in [1.165, 1.54) is 25.6 Å². The van der Waals surface area contributed by atoms with Gasteiger partial charge in [0.15, 0.2) is 6.10 Å². The molecule has 0 unspecified atom stereocenters. The summed E-state index contributed by atoms with van der Waals surface area (Å²) in [5.41, 5.74) is 0.112. The summed E-state index contributed by atoms with van der Waals surface area (Å²) in [6.45, 7) is 2.56. The molecule has 1 fully saturated rings. The highest BCUT2D eigenvalue weighted by Crippen LogP contribution is 2.36. The number of carbonyl (C=O) groups excluding carboxylic acids is 2. The third-order valence-corrected chi connectivity index (χ3v) is 6.13. The van der Waals surface area contributed by atoms with Crippen molar-refractivity contribution in [3.63, 3.8) is 0 Å². The van der Waals surface area contributed by atoms with Crippen LogP contribution in [-0.2, 0) is 35.1 Å². The van der Waals surface area contributed by atoms with Crippen molar-refractivity contribution < 1.29 is 38.4 Å². The highest BCUT2D eigenvalue weighted by atomic mass is 32.2. The summed E-state index contributed by atoms with van der Waals surface area (Å²) in [6.07, 6.45) is -3.82. The molecule has 9 heteroatoms. The van der Waals surface area contributed by atoms with Crippen LogP contribution < -0.4 is 4.74 Å². The first kappa shape index (κ1) is 25.0. The standard InChI is InChI=1S/C24H28O8S/c1-15(25)29-14-20-22(31-16(2)26)23(30-13-17-9-11-18(28-3)12-10-17)21(27)24(32-20)33-19-7-5-4-6-8-19/h4-12,20-24,27H,13-14H2,1-3H3/t20-,21+,22-,23-,24+/m1/s1. The number of esters is 2. The second kappa shape index (κ2) is 12.0. The zero-order valence-electron chi connectivity index (χ0n) is 18.7. The van der Waals surface area contributed by atoms with Gasteiger partial charge in [-0.3, -0.25) is 9.59 Å². The van der Waals surface area contributed by atoms with E-state index in [9.17, 15) is 14.7 Å². The van der Waals surface area contributed by atoms with Crippen molar-refractivity contribution in [2.45, 2.75) is 55.2 Å². The number of rotatable bonds is 9. The van der Waals surface area contributed by atoms with E-state index >= 15 is 0 Å². The van der Waals surface area contributed by atoms with Crippen LogP contribution in [0.5, 0.6) is 5.75 Å². The Balaban J connectivity index is 1.82. The zero-order chi connectivity index (χ0) is 23.8. The maximum absolute atomic E-state index is 11.8. The minimum absolute atomic E-state index is 0.145. The van der Waals surface area contributed by atoms with E-state index in [0.717, 1.165) is 10.5 Å². The topological polar surface area (TPSA) is 101 Å². The van der Waals surface area contributed by atoms with Crippen molar-refractivity contribution in [1.82, 2.24) is 0 Å². The molecule has 1 aliphatic rings. The summed E-state index contributed by atoms with van der Waals surface area (Å²) in [4.78, 5) is 24.1. The Kier molecular flexibility index (Phi) is 9.13. The minimum Gasteiger partial charge on any atom is -0.497 e. The molecule has 1 heterocycles. The Morgan fingerprint density at radius 3 is 2.30 bits per heavy atom. The predicted octanol–water partition coefficient (Wildman–Crippen LogP) is 2.95. The SMILES string of the molecule is COc1ccc(CO[C@@H]2[C@H](O)[C@H](Sc3ccccc3)O[C@H](COC(C)=O)[C@H]2OC(C)=O)cc1. The van der Waals surface area contributed by atoms with Crippen LogP contribution >= 0.6 is 11.8 Å². The van der Waals surface area contributed by atoms with E-state index in [2.05, 4.69) is 0 Å². The summed E-state index contributed by atoms with van der Waals surface area (Å²) in [7, 11) is 1.58. The number of aliphatic hydroxyl groups excluding tert-OH is 1. The second-order valence-electron chi connectivity index (χ2n) is 7.46. The van der Waals surface area contributed by atoms with Gasteiger partial charge in [0.25, 0.3) is 0 Å². The summed E-state index contributed by atoms with van der Waals surface area (Å²) < 4.78 is 27.9. The largest absolute Gasteiger partial charge is 0.497 e. The number of ether oxygens (including phenoxy) is 5. The Morgan fingerprint density at radius 2 is 1.70 bits per heavy atom. The molecule has 1 saturated heterocycles. The molecule has 0 amide bonds. The van der Waals surface area contributed by atoms with E-state index in [0.29, 0.717) is 5.75 Å². The average Bonchev–Trinajstić information content (AvgIpc) is 2.80. The smallest absolute Gasteiger partial charge is 0.303 e. The van der Waals surface area contributed by atoms with Crippen LogP contribution in [0, 0.1) is 0 Å². The minimum atomic E-state index is -1.12. The molecule has 178 valence electrons. The first-order valence-corrected chi connectivity index (χ1v) is 11.4. The van der Waals surface area contributed by atoms with Crippen molar-refractivity contribution >= 4 is 23.7 Å². The van der Waals surface area contributed by atoms with Crippen LogP contribution in [0.2, 0.25) is 0 Å². The lowest BCUT2D eigenvalue weighted by molar-refractivity contribution is -0.235. The molecule has 0 aromatic heterocycles. The van der Waals surface area contributed by atoms with Crippen molar-refractivity contribution in [2.75, 3.05) is 13.7 Å². The molecule has 2 aromatic rings. The Hall–Kier alpha value is -2.59. The van der Waals surface area contributed by atoms with Gasteiger partial charge in [-0.2, -0.15) is 0 Å².